The number of benzene rings is 2. The molecule has 0 N–H and O–H groups in total. The van der Waals surface area contributed by atoms with Crippen LogP contribution in [-0.4, -0.2) is 40.9 Å². The van der Waals surface area contributed by atoms with E-state index in [4.69, 9.17) is 20.8 Å². The van der Waals surface area contributed by atoms with E-state index in [0.29, 0.717) is 17.2 Å². The number of piperidine rings is 1. The van der Waals surface area contributed by atoms with E-state index in [9.17, 15) is 4.79 Å². The van der Waals surface area contributed by atoms with Gasteiger partial charge in [0, 0.05) is 31.1 Å². The maximum atomic E-state index is 12.5. The number of hydrogen-bond acceptors (Lipinski definition) is 5. The summed E-state index contributed by atoms with van der Waals surface area (Å²) in [6.45, 7) is 3.53. The molecule has 0 saturated carbocycles. The Labute approximate surface area is 192 Å². The van der Waals surface area contributed by atoms with Crippen LogP contribution in [-0.2, 0) is 12.8 Å². The average molecular weight is 462 g/mol. The molecule has 5 rings (SSSR count). The lowest BCUT2D eigenvalue weighted by Gasteiger charge is -2.31. The monoisotopic (exact) mass is 461 g/mol. The Hall–Kier alpha value is -2.28. The predicted molar refractivity (Wildman–Crippen MR) is 123 cm³/mol. The van der Waals surface area contributed by atoms with Crippen molar-refractivity contribution in [2.45, 2.75) is 31.7 Å². The SMILES string of the molecule is Cl.O=c1oc(-c2cc(Cl)cc3c2OCC3)nn1C1CCN(CCc2ccccc2)CC1. The summed E-state index contributed by atoms with van der Waals surface area (Å²) in [6.07, 6.45) is 3.60. The van der Waals surface area contributed by atoms with Gasteiger partial charge in [-0.05, 0) is 42.5 Å². The minimum Gasteiger partial charge on any atom is -0.492 e. The van der Waals surface area contributed by atoms with Gasteiger partial charge >= 0.3 is 5.76 Å². The fourth-order valence-electron chi connectivity index (χ4n) is 4.38. The topological polar surface area (TPSA) is 60.5 Å². The molecule has 1 aromatic heterocycles. The highest BCUT2D eigenvalue weighted by Gasteiger charge is 2.27. The normalized spacial score (nSPS) is 16.5. The zero-order valence-corrected chi connectivity index (χ0v) is 18.7. The first-order valence-corrected chi connectivity index (χ1v) is 10.9. The lowest BCUT2D eigenvalue weighted by atomic mass is 10.0. The van der Waals surface area contributed by atoms with Crippen molar-refractivity contribution in [3.05, 3.63) is 69.2 Å². The standard InChI is InChI=1S/C23H24ClN3O3.ClH/c24-18-14-17-9-13-29-21(17)20(15-18)22-25-27(23(28)30-22)19-7-11-26(12-8-19)10-6-16-4-2-1-3-5-16;/h1-5,14-15,19H,6-13H2;1H. The molecule has 0 bridgehead atoms. The smallest absolute Gasteiger partial charge is 0.437 e. The van der Waals surface area contributed by atoms with E-state index < -0.39 is 5.76 Å². The van der Waals surface area contributed by atoms with Gasteiger partial charge in [-0.1, -0.05) is 41.9 Å². The third-order valence-electron chi connectivity index (χ3n) is 6.01. The zero-order valence-electron chi connectivity index (χ0n) is 17.1. The van der Waals surface area contributed by atoms with E-state index in [-0.39, 0.29) is 24.3 Å². The van der Waals surface area contributed by atoms with Crippen LogP contribution in [0.5, 0.6) is 5.75 Å². The van der Waals surface area contributed by atoms with Gasteiger partial charge < -0.3 is 14.1 Å². The van der Waals surface area contributed by atoms with Gasteiger partial charge in [-0.25, -0.2) is 4.79 Å². The summed E-state index contributed by atoms with van der Waals surface area (Å²) in [5.41, 5.74) is 3.04. The number of fused-ring (bicyclic) bond motifs is 1. The second kappa shape index (κ2) is 9.47. The van der Waals surface area contributed by atoms with Gasteiger partial charge in [0.1, 0.15) is 5.75 Å². The van der Waals surface area contributed by atoms with Crippen LogP contribution >= 0.6 is 24.0 Å². The molecule has 0 aliphatic carbocycles. The second-order valence-electron chi connectivity index (χ2n) is 7.97. The van der Waals surface area contributed by atoms with E-state index in [1.165, 1.54) is 10.2 Å². The van der Waals surface area contributed by atoms with Crippen molar-refractivity contribution in [1.82, 2.24) is 14.7 Å². The van der Waals surface area contributed by atoms with Crippen molar-refractivity contribution in [1.29, 1.82) is 0 Å². The first kappa shape index (κ1) is 21.9. The van der Waals surface area contributed by atoms with E-state index >= 15 is 0 Å². The molecule has 2 aliphatic rings. The van der Waals surface area contributed by atoms with Crippen LogP contribution in [0.3, 0.4) is 0 Å². The molecule has 0 spiro atoms. The highest BCUT2D eigenvalue weighted by Crippen LogP contribution is 2.38. The highest BCUT2D eigenvalue weighted by molar-refractivity contribution is 6.31. The highest BCUT2D eigenvalue weighted by atomic mass is 35.5. The number of aromatic nitrogens is 2. The Bertz CT molecular complexity index is 1090. The second-order valence-corrected chi connectivity index (χ2v) is 8.40. The van der Waals surface area contributed by atoms with Gasteiger partial charge in [0.05, 0.1) is 18.2 Å². The maximum Gasteiger partial charge on any atom is 0.437 e. The van der Waals surface area contributed by atoms with Crippen LogP contribution in [0, 0.1) is 0 Å². The van der Waals surface area contributed by atoms with Crippen molar-refractivity contribution < 1.29 is 9.15 Å². The molecule has 0 unspecified atom stereocenters. The van der Waals surface area contributed by atoms with Crippen molar-refractivity contribution in [2.75, 3.05) is 26.2 Å². The molecule has 1 saturated heterocycles. The Morgan fingerprint density at radius 1 is 1.13 bits per heavy atom. The maximum absolute atomic E-state index is 12.5. The minimum absolute atomic E-state index is 0. The van der Waals surface area contributed by atoms with E-state index in [1.54, 1.807) is 6.07 Å². The van der Waals surface area contributed by atoms with Crippen LogP contribution < -0.4 is 10.5 Å². The molecule has 31 heavy (non-hydrogen) atoms. The molecule has 6 nitrogen and oxygen atoms in total. The zero-order chi connectivity index (χ0) is 20.5. The number of hydrogen-bond donors (Lipinski definition) is 0. The Morgan fingerprint density at radius 3 is 2.68 bits per heavy atom. The summed E-state index contributed by atoms with van der Waals surface area (Å²) < 4.78 is 12.8. The molecule has 3 heterocycles. The molecule has 8 heteroatoms. The lowest BCUT2D eigenvalue weighted by molar-refractivity contribution is 0.177. The van der Waals surface area contributed by atoms with Crippen LogP contribution in [0.2, 0.25) is 5.02 Å². The third-order valence-corrected chi connectivity index (χ3v) is 6.23. The molecule has 2 aromatic carbocycles. The Balaban J connectivity index is 0.00000231. The molecule has 0 atom stereocenters. The van der Waals surface area contributed by atoms with Crippen molar-refractivity contribution in [3.63, 3.8) is 0 Å². The summed E-state index contributed by atoms with van der Waals surface area (Å²) in [6, 6.07) is 14.2. The van der Waals surface area contributed by atoms with Gasteiger partial charge in [0.15, 0.2) is 0 Å². The number of likely N-dealkylation sites (tertiary alicyclic amines) is 1. The first-order valence-electron chi connectivity index (χ1n) is 10.5. The fraction of sp³-hybridized carbons (Fsp3) is 0.391. The summed E-state index contributed by atoms with van der Waals surface area (Å²) in [5.74, 6) is 0.593. The Morgan fingerprint density at radius 2 is 1.90 bits per heavy atom. The Kier molecular flexibility index (Phi) is 6.70. The largest absolute Gasteiger partial charge is 0.492 e. The lowest BCUT2D eigenvalue weighted by Crippen LogP contribution is -2.38. The van der Waals surface area contributed by atoms with Gasteiger partial charge in [0.2, 0.25) is 0 Å². The first-order chi connectivity index (χ1) is 14.7. The van der Waals surface area contributed by atoms with E-state index in [1.807, 2.05) is 12.1 Å². The molecule has 3 aromatic rings. The van der Waals surface area contributed by atoms with Gasteiger partial charge in [-0.15, -0.1) is 17.5 Å². The number of rotatable bonds is 5. The molecule has 0 radical (unpaired) electrons. The third kappa shape index (κ3) is 4.66. The van der Waals surface area contributed by atoms with Crippen molar-refractivity contribution >= 4 is 24.0 Å². The van der Waals surface area contributed by atoms with Crippen molar-refractivity contribution in [3.8, 4) is 17.2 Å². The van der Waals surface area contributed by atoms with Crippen LogP contribution in [0.4, 0.5) is 0 Å². The average Bonchev–Trinajstić information content (AvgIpc) is 3.39. The number of halogens is 2. The number of ether oxygens (including phenoxy) is 1. The minimum atomic E-state index is -0.417. The van der Waals surface area contributed by atoms with E-state index in [0.717, 1.165) is 56.6 Å². The summed E-state index contributed by atoms with van der Waals surface area (Å²) in [5, 5.41) is 5.12. The molecule has 0 amide bonds. The molecular weight excluding hydrogens is 437 g/mol. The van der Waals surface area contributed by atoms with Crippen LogP contribution in [0.15, 0.2) is 51.7 Å². The summed E-state index contributed by atoms with van der Waals surface area (Å²) in [4.78, 5) is 15.0. The molecular formula is C23H25Cl2N3O3. The van der Waals surface area contributed by atoms with Crippen LogP contribution in [0.25, 0.3) is 11.5 Å². The quantitative estimate of drug-likeness (QED) is 0.563. The number of nitrogens with zero attached hydrogens (tertiary/aromatic N) is 3. The molecule has 164 valence electrons. The predicted octanol–water partition coefficient (Wildman–Crippen LogP) is 4.39. The van der Waals surface area contributed by atoms with Gasteiger partial charge in [-0.3, -0.25) is 0 Å². The summed E-state index contributed by atoms with van der Waals surface area (Å²) in [7, 11) is 0. The van der Waals surface area contributed by atoms with Crippen molar-refractivity contribution in [2.24, 2.45) is 0 Å². The molecule has 1 fully saturated rings. The molecule has 2 aliphatic heterocycles. The van der Waals surface area contributed by atoms with E-state index in [2.05, 4.69) is 34.3 Å². The summed E-state index contributed by atoms with van der Waals surface area (Å²) >= 11 is 6.25. The fourth-order valence-corrected chi connectivity index (χ4v) is 4.62. The van der Waals surface area contributed by atoms with Gasteiger partial charge in [0.25, 0.3) is 5.89 Å². The van der Waals surface area contributed by atoms with Crippen LogP contribution in [0.1, 0.15) is 30.0 Å². The van der Waals surface area contributed by atoms with Gasteiger partial charge in [-0.2, -0.15) is 4.68 Å².